The van der Waals surface area contributed by atoms with Gasteiger partial charge in [0.1, 0.15) is 12.1 Å². The van der Waals surface area contributed by atoms with Crippen molar-refractivity contribution in [3.63, 3.8) is 0 Å². The number of ether oxygens (including phenoxy) is 1. The summed E-state index contributed by atoms with van der Waals surface area (Å²) < 4.78 is 5.23. The summed E-state index contributed by atoms with van der Waals surface area (Å²) >= 11 is 0. The summed E-state index contributed by atoms with van der Waals surface area (Å²) in [5.41, 5.74) is 10.2. The number of fused-ring (bicyclic) bond motifs is 1. The number of hydrogen-bond acceptors (Lipinski definition) is 5. The van der Waals surface area contributed by atoms with E-state index in [4.69, 9.17) is 10.5 Å². The van der Waals surface area contributed by atoms with Crippen LogP contribution in [0.2, 0.25) is 0 Å². The smallest absolute Gasteiger partial charge is 0.221 e. The molecule has 1 aliphatic rings. The van der Waals surface area contributed by atoms with Gasteiger partial charge in [-0.3, -0.25) is 0 Å². The van der Waals surface area contributed by atoms with Crippen molar-refractivity contribution < 1.29 is 4.74 Å². The maximum Gasteiger partial charge on any atom is 0.221 e. The molecule has 1 unspecified atom stereocenters. The monoisotopic (exact) mass is 270 g/mol. The maximum absolute atomic E-state index is 5.83. The zero-order chi connectivity index (χ0) is 14.1. The number of nitrogen functional groups attached to an aromatic ring is 1. The van der Waals surface area contributed by atoms with Crippen molar-refractivity contribution in [3.8, 4) is 5.88 Å². The molecule has 3 rings (SSSR count). The van der Waals surface area contributed by atoms with E-state index < -0.39 is 0 Å². The third kappa shape index (κ3) is 2.15. The quantitative estimate of drug-likeness (QED) is 0.838. The highest BCUT2D eigenvalue weighted by atomic mass is 16.5. The van der Waals surface area contributed by atoms with E-state index in [0.29, 0.717) is 5.88 Å². The summed E-state index contributed by atoms with van der Waals surface area (Å²) in [4.78, 5) is 8.41. The van der Waals surface area contributed by atoms with E-state index in [0.717, 1.165) is 29.9 Å². The molecule has 0 amide bonds. The lowest BCUT2D eigenvalue weighted by molar-refractivity contribution is 0.393. The number of nitrogens with two attached hydrogens (primary N) is 1. The second-order valence-electron chi connectivity index (χ2n) is 5.05. The number of methoxy groups -OCH3 is 1. The number of nitrogens with zero attached hydrogens (tertiary/aromatic N) is 2. The molecule has 5 nitrogen and oxygen atoms in total. The number of hydrogen-bond donors (Lipinski definition) is 2. The first-order valence-corrected chi connectivity index (χ1v) is 6.69. The van der Waals surface area contributed by atoms with Crippen LogP contribution in [0.15, 0.2) is 24.5 Å². The minimum absolute atomic E-state index is 0.268. The Bertz CT molecular complexity index is 642. The lowest BCUT2D eigenvalue weighted by Crippen LogP contribution is -2.10. The first kappa shape index (κ1) is 12.7. The van der Waals surface area contributed by atoms with Gasteiger partial charge in [0.25, 0.3) is 0 Å². The van der Waals surface area contributed by atoms with Crippen LogP contribution in [0.4, 0.5) is 11.5 Å². The Hall–Kier alpha value is -2.30. The Kier molecular flexibility index (Phi) is 3.18. The minimum atomic E-state index is 0.268. The summed E-state index contributed by atoms with van der Waals surface area (Å²) in [5.74, 6) is 1.43. The van der Waals surface area contributed by atoms with Gasteiger partial charge in [-0.2, -0.15) is 0 Å². The van der Waals surface area contributed by atoms with Crippen LogP contribution in [0, 0.1) is 6.92 Å². The predicted octanol–water partition coefficient (Wildman–Crippen LogP) is 2.48. The Morgan fingerprint density at radius 2 is 2.20 bits per heavy atom. The second-order valence-corrected chi connectivity index (χ2v) is 5.05. The zero-order valence-corrected chi connectivity index (χ0v) is 11.7. The number of rotatable bonds is 3. The number of benzene rings is 1. The van der Waals surface area contributed by atoms with E-state index in [1.54, 1.807) is 7.11 Å². The first-order chi connectivity index (χ1) is 9.69. The van der Waals surface area contributed by atoms with Crippen LogP contribution in [0.1, 0.15) is 29.2 Å². The van der Waals surface area contributed by atoms with Crippen molar-refractivity contribution in [3.05, 3.63) is 41.2 Å². The van der Waals surface area contributed by atoms with Crippen molar-refractivity contribution >= 4 is 11.5 Å². The lowest BCUT2D eigenvalue weighted by Gasteiger charge is -2.17. The maximum atomic E-state index is 5.83. The van der Waals surface area contributed by atoms with Gasteiger partial charge in [0, 0.05) is 5.69 Å². The molecule has 0 fully saturated rings. The van der Waals surface area contributed by atoms with Crippen LogP contribution in [0.5, 0.6) is 5.88 Å². The van der Waals surface area contributed by atoms with Gasteiger partial charge in [-0.05, 0) is 43.0 Å². The molecule has 0 bridgehead atoms. The van der Waals surface area contributed by atoms with Gasteiger partial charge in [0.2, 0.25) is 5.88 Å². The molecular weight excluding hydrogens is 252 g/mol. The fourth-order valence-corrected chi connectivity index (χ4v) is 2.74. The Morgan fingerprint density at radius 1 is 1.35 bits per heavy atom. The molecule has 1 aromatic carbocycles. The molecule has 5 heteroatoms. The van der Waals surface area contributed by atoms with Crippen LogP contribution in [-0.2, 0) is 6.42 Å². The van der Waals surface area contributed by atoms with Crippen molar-refractivity contribution in [1.82, 2.24) is 9.97 Å². The van der Waals surface area contributed by atoms with Gasteiger partial charge in [-0.1, -0.05) is 6.07 Å². The fourth-order valence-electron chi connectivity index (χ4n) is 2.74. The van der Waals surface area contributed by atoms with Crippen LogP contribution in [-0.4, -0.2) is 17.1 Å². The van der Waals surface area contributed by atoms with E-state index >= 15 is 0 Å². The normalized spacial score (nSPS) is 16.8. The van der Waals surface area contributed by atoms with E-state index in [1.165, 1.54) is 17.5 Å². The largest absolute Gasteiger partial charge is 0.481 e. The van der Waals surface area contributed by atoms with Crippen molar-refractivity contribution in [1.29, 1.82) is 0 Å². The van der Waals surface area contributed by atoms with Crippen molar-refractivity contribution in [2.45, 2.75) is 25.8 Å². The molecule has 1 aliphatic carbocycles. The van der Waals surface area contributed by atoms with Crippen molar-refractivity contribution in [2.75, 3.05) is 18.2 Å². The molecule has 0 radical (unpaired) electrons. The average molecular weight is 270 g/mol. The van der Waals surface area contributed by atoms with Gasteiger partial charge in [-0.15, -0.1) is 0 Å². The summed E-state index contributed by atoms with van der Waals surface area (Å²) in [6.45, 7) is 1.96. The molecule has 1 atom stereocenters. The molecule has 1 heterocycles. The Morgan fingerprint density at radius 3 is 3.00 bits per heavy atom. The molecule has 0 spiro atoms. The number of aryl methyl sites for hydroxylation is 1. The molecule has 3 N–H and O–H groups in total. The summed E-state index contributed by atoms with van der Waals surface area (Å²) in [6, 6.07) is 6.38. The standard InChI is InChI=1S/C15H18N4O/c1-9-14(17-8-18-15(9)20-2)19-13-6-3-10-7-11(16)4-5-12(10)13/h4-5,7-8,13H,3,6,16H2,1-2H3,(H,17,18,19). The molecule has 0 saturated heterocycles. The summed E-state index contributed by atoms with van der Waals surface area (Å²) in [6.07, 6.45) is 3.61. The van der Waals surface area contributed by atoms with E-state index in [1.807, 2.05) is 13.0 Å². The zero-order valence-electron chi connectivity index (χ0n) is 11.7. The van der Waals surface area contributed by atoms with Crippen LogP contribution in [0.25, 0.3) is 0 Å². The van der Waals surface area contributed by atoms with E-state index in [2.05, 4.69) is 27.4 Å². The number of aromatic nitrogens is 2. The van der Waals surface area contributed by atoms with E-state index in [9.17, 15) is 0 Å². The molecule has 0 aliphatic heterocycles. The highest BCUT2D eigenvalue weighted by Crippen LogP contribution is 2.35. The van der Waals surface area contributed by atoms with Crippen LogP contribution in [0.3, 0.4) is 0 Å². The van der Waals surface area contributed by atoms with Gasteiger partial charge in [0.05, 0.1) is 18.7 Å². The lowest BCUT2D eigenvalue weighted by atomic mass is 10.1. The highest BCUT2D eigenvalue weighted by Gasteiger charge is 2.23. The van der Waals surface area contributed by atoms with Gasteiger partial charge < -0.3 is 15.8 Å². The molecular formula is C15H18N4O. The predicted molar refractivity (Wildman–Crippen MR) is 78.9 cm³/mol. The first-order valence-electron chi connectivity index (χ1n) is 6.69. The number of anilines is 2. The fraction of sp³-hybridized carbons (Fsp3) is 0.333. The highest BCUT2D eigenvalue weighted by molar-refractivity contribution is 5.53. The molecule has 20 heavy (non-hydrogen) atoms. The van der Waals surface area contributed by atoms with Gasteiger partial charge in [-0.25, -0.2) is 9.97 Å². The summed E-state index contributed by atoms with van der Waals surface area (Å²) in [5, 5.41) is 3.49. The average Bonchev–Trinajstić information content (AvgIpc) is 2.83. The molecule has 1 aromatic heterocycles. The SMILES string of the molecule is COc1ncnc(NC2CCc3cc(N)ccc32)c1C. The van der Waals surface area contributed by atoms with Crippen LogP contribution >= 0.6 is 0 Å². The third-order valence-electron chi connectivity index (χ3n) is 3.79. The van der Waals surface area contributed by atoms with Gasteiger partial charge in [0.15, 0.2) is 0 Å². The topological polar surface area (TPSA) is 73.1 Å². The molecule has 2 aromatic rings. The van der Waals surface area contributed by atoms with Crippen LogP contribution < -0.4 is 15.8 Å². The van der Waals surface area contributed by atoms with E-state index in [-0.39, 0.29) is 6.04 Å². The molecule has 0 saturated carbocycles. The Balaban J connectivity index is 1.88. The van der Waals surface area contributed by atoms with Gasteiger partial charge >= 0.3 is 0 Å². The van der Waals surface area contributed by atoms with Crippen molar-refractivity contribution in [2.24, 2.45) is 0 Å². The Labute approximate surface area is 118 Å². The second kappa shape index (κ2) is 5.00. The minimum Gasteiger partial charge on any atom is -0.481 e. The number of nitrogens with one attached hydrogen (secondary N) is 1. The third-order valence-corrected chi connectivity index (χ3v) is 3.79. The molecule has 104 valence electrons. The summed E-state index contributed by atoms with van der Waals surface area (Å²) in [7, 11) is 1.62.